The van der Waals surface area contributed by atoms with E-state index in [9.17, 15) is 24.3 Å². The Morgan fingerprint density at radius 1 is 1.12 bits per heavy atom. The Morgan fingerprint density at radius 3 is 2.46 bits per heavy atom. The van der Waals surface area contributed by atoms with E-state index in [0.29, 0.717) is 12.2 Å². The number of alkyl halides is 1. The maximum atomic E-state index is 16.9. The average Bonchev–Trinajstić information content (AvgIpc) is 3.88. The van der Waals surface area contributed by atoms with Crippen molar-refractivity contribution in [3.63, 3.8) is 0 Å². The van der Waals surface area contributed by atoms with E-state index in [0.717, 1.165) is 16.7 Å². The molecule has 0 unspecified atom stereocenters. The first-order chi connectivity index (χ1) is 26.6. The number of aryl methyl sites for hydroxylation is 1. The van der Waals surface area contributed by atoms with Crippen LogP contribution < -0.4 is 5.32 Å². The van der Waals surface area contributed by atoms with Gasteiger partial charge in [0.05, 0.1) is 42.4 Å². The van der Waals surface area contributed by atoms with E-state index in [-0.39, 0.29) is 31.3 Å². The van der Waals surface area contributed by atoms with Gasteiger partial charge < -0.3 is 39.0 Å². The van der Waals surface area contributed by atoms with Crippen LogP contribution in [-0.4, -0.2) is 134 Å². The van der Waals surface area contributed by atoms with Gasteiger partial charge in [0.2, 0.25) is 5.82 Å². The number of nitrogens with zero attached hydrogens (tertiary/aromatic N) is 5. The first-order valence-corrected chi connectivity index (χ1v) is 20.2. The van der Waals surface area contributed by atoms with Crippen LogP contribution in [0.5, 0.6) is 0 Å². The number of carbonyl (C=O) groups is 4. The fourth-order valence-electron chi connectivity index (χ4n) is 8.48. The molecule has 0 aliphatic carbocycles. The van der Waals surface area contributed by atoms with E-state index in [1.165, 1.54) is 30.0 Å². The molecule has 2 N–H and O–H groups in total. The summed E-state index contributed by atoms with van der Waals surface area (Å²) < 4.78 is 47.6. The number of thiophene rings is 1. The number of hydrogen-bond donors (Lipinski definition) is 2. The molecule has 0 saturated carbocycles. The predicted octanol–water partition coefficient (Wildman–Crippen LogP) is 3.91. The number of amides is 1. The minimum atomic E-state index is -3.20. The van der Waals surface area contributed by atoms with Crippen molar-refractivity contribution in [2.24, 2.45) is 24.8 Å². The van der Waals surface area contributed by atoms with Crippen LogP contribution in [0.1, 0.15) is 79.5 Å². The number of ketones is 2. The Bertz CT molecular complexity index is 1820. The summed E-state index contributed by atoms with van der Waals surface area (Å²) in [5, 5.41) is 26.5. The third kappa shape index (κ3) is 9.15. The number of alkyl carbamates (subject to hydrolysis) is 1. The van der Waals surface area contributed by atoms with Gasteiger partial charge in [-0.3, -0.25) is 9.59 Å². The number of halogens is 1. The van der Waals surface area contributed by atoms with Crippen molar-refractivity contribution in [1.82, 2.24) is 30.4 Å². The number of aromatic nitrogens is 4. The molecule has 3 fully saturated rings. The van der Waals surface area contributed by atoms with Crippen LogP contribution in [0.25, 0.3) is 16.8 Å². The van der Waals surface area contributed by atoms with Gasteiger partial charge in [0.15, 0.2) is 17.7 Å². The normalized spacial score (nSPS) is 38.5. The molecule has 5 rings (SSSR count). The molecule has 316 valence electrons. The van der Waals surface area contributed by atoms with Gasteiger partial charge in [-0.2, -0.15) is 4.80 Å². The molecular weight excluding hydrogens is 764 g/mol. The van der Waals surface area contributed by atoms with Crippen LogP contribution in [0.2, 0.25) is 0 Å². The maximum Gasteiger partial charge on any atom is 0.408 e. The number of carbonyl (C=O) groups excluding carboxylic acids is 4. The number of hydrogen-bond acceptors (Lipinski definition) is 15. The van der Waals surface area contributed by atoms with Crippen molar-refractivity contribution in [2.75, 3.05) is 20.7 Å². The number of fused-ring (bicyclic) bond motifs is 1. The number of cyclic esters (lactones) is 1. The highest BCUT2D eigenvalue weighted by Crippen LogP contribution is 2.41. The molecular formula is C39H57FN6O10S. The van der Waals surface area contributed by atoms with Crippen LogP contribution in [0.15, 0.2) is 18.2 Å². The molecule has 57 heavy (non-hydrogen) atoms. The number of rotatable bonds is 9. The minimum absolute atomic E-state index is 0.0487. The molecule has 1 amide bonds. The van der Waals surface area contributed by atoms with Gasteiger partial charge >= 0.3 is 12.1 Å². The van der Waals surface area contributed by atoms with E-state index < -0.39 is 89.2 Å². The molecule has 3 aliphatic rings. The third-order valence-corrected chi connectivity index (χ3v) is 12.7. The second kappa shape index (κ2) is 17.3. The summed E-state index contributed by atoms with van der Waals surface area (Å²) in [7, 11) is 5.31. The van der Waals surface area contributed by atoms with Crippen LogP contribution in [0, 0.1) is 17.8 Å². The lowest BCUT2D eigenvalue weighted by Crippen LogP contribution is -2.61. The summed E-state index contributed by atoms with van der Waals surface area (Å²) in [4.78, 5) is 60.1. The lowest BCUT2D eigenvalue weighted by atomic mass is 9.73. The highest BCUT2D eigenvalue weighted by atomic mass is 32.1. The quantitative estimate of drug-likeness (QED) is 0.273. The lowest BCUT2D eigenvalue weighted by molar-refractivity contribution is -0.297. The summed E-state index contributed by atoms with van der Waals surface area (Å²) in [6.07, 6.45) is -2.16. The minimum Gasteiger partial charge on any atom is -0.455 e. The van der Waals surface area contributed by atoms with E-state index in [2.05, 4.69) is 20.7 Å². The average molecular weight is 821 g/mol. The van der Waals surface area contributed by atoms with E-state index in [4.69, 9.17) is 23.7 Å². The number of aliphatic hydroxyl groups excluding tert-OH is 1. The van der Waals surface area contributed by atoms with Gasteiger partial charge in [-0.25, -0.2) is 14.0 Å². The summed E-state index contributed by atoms with van der Waals surface area (Å²) in [5.41, 5.74) is -6.32. The van der Waals surface area contributed by atoms with Crippen LogP contribution >= 0.6 is 11.3 Å². The summed E-state index contributed by atoms with van der Waals surface area (Å²) in [6.45, 7) is 12.2. The standard InChI is InChI=1S/C39H57FN6O10S/c1-12-27-39(8)30(41-36(51)56-39)22(4)28(47)20(2)19-37(6,52-17-13-14-24-15-16-26(57-24)33-42-44-46(11)43-33)32(23(5)31(49)38(7,40)35(50)54-27)55-34-29(48)25(45(9)10)18-21(3)53-34/h13-16,20-23,25,27,29-30,32,34,48H,12,17-19H2,1-11H3,(H,41,51)/b14-13+/t20-,21-,22+,23+,25+,27-,29-,30-,32-,34+,37+,38+,39-/m1/s1. The Hall–Kier alpha value is -3.68. The zero-order chi connectivity index (χ0) is 42.2. The topological polar surface area (TPSA) is 194 Å². The van der Waals surface area contributed by atoms with Crippen LogP contribution in [-0.2, 0) is 45.1 Å². The Balaban J connectivity index is 1.56. The number of esters is 1. The van der Waals surface area contributed by atoms with Gasteiger partial charge in [0, 0.05) is 28.7 Å². The van der Waals surface area contributed by atoms with Crippen molar-refractivity contribution in [1.29, 1.82) is 0 Å². The first kappa shape index (κ1) is 44.4. The smallest absolute Gasteiger partial charge is 0.408 e. The van der Waals surface area contributed by atoms with Crippen molar-refractivity contribution < 1.29 is 52.4 Å². The summed E-state index contributed by atoms with van der Waals surface area (Å²) >= 11 is 1.43. The number of aliphatic hydroxyl groups is 1. The van der Waals surface area contributed by atoms with Crippen LogP contribution in [0.4, 0.5) is 9.18 Å². The lowest BCUT2D eigenvalue weighted by Gasteiger charge is -2.47. The highest BCUT2D eigenvalue weighted by molar-refractivity contribution is 7.16. The fourth-order valence-corrected chi connectivity index (χ4v) is 9.34. The molecule has 3 saturated heterocycles. The molecule has 0 radical (unpaired) electrons. The molecule has 5 heterocycles. The number of tetrazole rings is 1. The zero-order valence-electron chi connectivity index (χ0n) is 34.6. The molecule has 0 aromatic carbocycles. The number of likely N-dealkylation sites (N-methyl/N-ethyl adjacent to an activating group) is 1. The largest absolute Gasteiger partial charge is 0.455 e. The van der Waals surface area contributed by atoms with Crippen LogP contribution in [0.3, 0.4) is 0 Å². The number of Topliss-reactive ketones (excluding diaryl/α,β-unsaturated/α-hetero) is 2. The SMILES string of the molecule is CC[C@H]1OC(=O)[C@@](C)(F)C(=O)[C@H](C)[C@@H](O[C@@H]2O[C@H](C)C[C@H](N(C)C)[C@H]2O)[C@@](C)(OC/C=C/c2ccc(-c3nnn(C)n3)s2)C[C@@H](C)C(=O)[C@H](C)[C@H]2NC(=O)O[C@@]21C. The fraction of sp³-hybridized carbons (Fsp3) is 0.718. The Labute approximate surface area is 336 Å². The molecule has 18 heteroatoms. The Morgan fingerprint density at radius 2 is 1.82 bits per heavy atom. The Kier molecular flexibility index (Phi) is 13.5. The molecule has 2 aromatic rings. The predicted molar refractivity (Wildman–Crippen MR) is 206 cm³/mol. The highest BCUT2D eigenvalue weighted by Gasteiger charge is 2.59. The second-order valence-corrected chi connectivity index (χ2v) is 17.5. The molecule has 2 aromatic heterocycles. The third-order valence-electron chi connectivity index (χ3n) is 11.6. The molecule has 16 nitrogen and oxygen atoms in total. The van der Waals surface area contributed by atoms with E-state index >= 15 is 4.39 Å². The maximum absolute atomic E-state index is 16.9. The molecule has 0 bridgehead atoms. The van der Waals surface area contributed by atoms with E-state index in [1.54, 1.807) is 40.8 Å². The molecule has 3 aliphatic heterocycles. The first-order valence-electron chi connectivity index (χ1n) is 19.4. The van der Waals surface area contributed by atoms with Crippen molar-refractivity contribution >= 4 is 41.0 Å². The zero-order valence-corrected chi connectivity index (χ0v) is 35.4. The summed E-state index contributed by atoms with van der Waals surface area (Å²) in [5.74, 6) is -5.50. The molecule has 0 spiro atoms. The van der Waals surface area contributed by atoms with Crippen molar-refractivity contribution in [3.8, 4) is 10.7 Å². The number of ether oxygens (including phenoxy) is 5. The summed E-state index contributed by atoms with van der Waals surface area (Å²) in [6, 6.07) is 2.40. The molecule has 13 atom stereocenters. The van der Waals surface area contributed by atoms with E-state index in [1.807, 2.05) is 44.1 Å². The van der Waals surface area contributed by atoms with Gasteiger partial charge in [-0.1, -0.05) is 33.8 Å². The van der Waals surface area contributed by atoms with Crippen molar-refractivity contribution in [3.05, 3.63) is 23.1 Å². The van der Waals surface area contributed by atoms with Crippen molar-refractivity contribution in [2.45, 2.75) is 134 Å². The monoisotopic (exact) mass is 820 g/mol. The number of nitrogens with one attached hydrogen (secondary N) is 1. The van der Waals surface area contributed by atoms with Gasteiger partial charge in [0.1, 0.15) is 18.0 Å². The van der Waals surface area contributed by atoms with Gasteiger partial charge in [-0.15, -0.1) is 21.5 Å². The van der Waals surface area contributed by atoms with Gasteiger partial charge in [-0.05, 0) is 84.5 Å². The van der Waals surface area contributed by atoms with Gasteiger partial charge in [0.25, 0.3) is 5.67 Å². The second-order valence-electron chi connectivity index (χ2n) is 16.4.